The van der Waals surface area contributed by atoms with Crippen LogP contribution in [0.1, 0.15) is 19.3 Å². The maximum Gasteiger partial charge on any atom is 0.109 e. The van der Waals surface area contributed by atoms with Crippen molar-refractivity contribution in [1.82, 2.24) is 4.90 Å². The number of nitrogens with zero attached hydrogens (tertiary/aromatic N) is 1. The minimum atomic E-state index is -0.614. The van der Waals surface area contributed by atoms with Crippen LogP contribution in [0, 0.1) is 0 Å². The van der Waals surface area contributed by atoms with E-state index in [1.165, 1.54) is 19.3 Å². The summed E-state index contributed by atoms with van der Waals surface area (Å²) >= 11 is 0. The van der Waals surface area contributed by atoms with E-state index in [0.717, 1.165) is 13.1 Å². The van der Waals surface area contributed by atoms with Crippen LogP contribution in [0.3, 0.4) is 0 Å². The fourth-order valence-electron chi connectivity index (χ4n) is 2.84. The van der Waals surface area contributed by atoms with Gasteiger partial charge in [0.1, 0.15) is 12.2 Å². The minimum Gasteiger partial charge on any atom is -0.394 e. The van der Waals surface area contributed by atoms with Crippen LogP contribution >= 0.6 is 0 Å². The Hall–Kier alpha value is -0.200. The van der Waals surface area contributed by atoms with Crippen LogP contribution in [-0.2, 0) is 4.74 Å². The van der Waals surface area contributed by atoms with Gasteiger partial charge in [0.2, 0.25) is 0 Å². The Morgan fingerprint density at radius 3 is 2.44 bits per heavy atom. The van der Waals surface area contributed by atoms with E-state index in [0.29, 0.717) is 6.54 Å². The van der Waals surface area contributed by atoms with Crippen LogP contribution in [0.2, 0.25) is 0 Å². The van der Waals surface area contributed by atoms with Gasteiger partial charge < -0.3 is 20.7 Å². The fraction of sp³-hybridized carbons (Fsp3) is 1.00. The Morgan fingerprint density at radius 1 is 1.19 bits per heavy atom. The second-order valence-corrected chi connectivity index (χ2v) is 4.71. The van der Waals surface area contributed by atoms with Crippen molar-refractivity contribution in [3.63, 3.8) is 0 Å². The highest BCUT2D eigenvalue weighted by Crippen LogP contribution is 2.27. The minimum absolute atomic E-state index is 0.0394. The van der Waals surface area contributed by atoms with Crippen molar-refractivity contribution >= 4 is 0 Å². The highest BCUT2D eigenvalue weighted by Gasteiger charge is 2.45. The fourth-order valence-corrected chi connectivity index (χ4v) is 2.84. The van der Waals surface area contributed by atoms with E-state index >= 15 is 0 Å². The standard InChI is InChI=1S/C11H22N2O3/c12-6-8-10(11(15)9(7-14)16-8)13-4-2-1-3-5-13/h8-11,14-15H,1-7,12H2/t8-,9+,10+,11-/m0/s1. The number of hydrogen-bond acceptors (Lipinski definition) is 5. The van der Waals surface area contributed by atoms with Gasteiger partial charge in [0.25, 0.3) is 0 Å². The number of piperidine rings is 1. The van der Waals surface area contributed by atoms with E-state index in [9.17, 15) is 5.11 Å². The van der Waals surface area contributed by atoms with Gasteiger partial charge in [0.15, 0.2) is 0 Å². The molecule has 0 aromatic carbocycles. The topological polar surface area (TPSA) is 79.0 Å². The third-order valence-corrected chi connectivity index (χ3v) is 3.69. The molecule has 0 amide bonds. The lowest BCUT2D eigenvalue weighted by molar-refractivity contribution is -0.0193. The first-order chi connectivity index (χ1) is 7.77. The zero-order valence-electron chi connectivity index (χ0n) is 9.59. The lowest BCUT2D eigenvalue weighted by Crippen LogP contribution is -2.51. The van der Waals surface area contributed by atoms with Crippen LogP contribution < -0.4 is 5.73 Å². The normalized spacial score (nSPS) is 41.4. The Kier molecular flexibility index (Phi) is 4.16. The van der Waals surface area contributed by atoms with Crippen molar-refractivity contribution in [3.05, 3.63) is 0 Å². The molecule has 0 spiro atoms. The van der Waals surface area contributed by atoms with Crippen molar-refractivity contribution in [2.24, 2.45) is 5.73 Å². The van der Waals surface area contributed by atoms with Crippen molar-refractivity contribution in [3.8, 4) is 0 Å². The van der Waals surface area contributed by atoms with Gasteiger partial charge in [-0.15, -0.1) is 0 Å². The summed E-state index contributed by atoms with van der Waals surface area (Å²) < 4.78 is 5.57. The molecule has 0 radical (unpaired) electrons. The molecule has 2 saturated heterocycles. The van der Waals surface area contributed by atoms with Gasteiger partial charge in [0, 0.05) is 6.54 Å². The Labute approximate surface area is 96.2 Å². The maximum absolute atomic E-state index is 10.1. The molecule has 2 fully saturated rings. The molecule has 4 N–H and O–H groups in total. The molecular formula is C11H22N2O3. The average Bonchev–Trinajstić information content (AvgIpc) is 2.66. The van der Waals surface area contributed by atoms with E-state index in [2.05, 4.69) is 4.90 Å². The van der Waals surface area contributed by atoms with Crippen LogP contribution in [0.25, 0.3) is 0 Å². The summed E-state index contributed by atoms with van der Waals surface area (Å²) in [5, 5.41) is 19.2. The first-order valence-corrected chi connectivity index (χ1v) is 6.16. The molecule has 0 aromatic heterocycles. The lowest BCUT2D eigenvalue weighted by Gasteiger charge is -2.35. The molecule has 4 atom stereocenters. The largest absolute Gasteiger partial charge is 0.394 e. The molecular weight excluding hydrogens is 208 g/mol. The van der Waals surface area contributed by atoms with Gasteiger partial charge in [0.05, 0.1) is 18.8 Å². The molecule has 94 valence electrons. The third kappa shape index (κ3) is 2.24. The molecule has 5 nitrogen and oxygen atoms in total. The summed E-state index contributed by atoms with van der Waals surface area (Å²) in [6.07, 6.45) is 2.37. The number of aliphatic hydroxyl groups is 2. The van der Waals surface area contributed by atoms with Crippen LogP contribution in [0.15, 0.2) is 0 Å². The quantitative estimate of drug-likeness (QED) is 0.575. The van der Waals surface area contributed by atoms with E-state index in [1.807, 2.05) is 0 Å². The highest BCUT2D eigenvalue weighted by atomic mass is 16.5. The molecule has 0 saturated carbocycles. The Balaban J connectivity index is 2.04. The van der Waals surface area contributed by atoms with Crippen molar-refractivity contribution < 1.29 is 14.9 Å². The van der Waals surface area contributed by atoms with Crippen LogP contribution in [-0.4, -0.2) is 65.7 Å². The summed E-state index contributed by atoms with van der Waals surface area (Å²) in [6.45, 7) is 2.26. The summed E-state index contributed by atoms with van der Waals surface area (Å²) in [5.41, 5.74) is 5.67. The molecule has 0 aliphatic carbocycles. The average molecular weight is 230 g/mol. The predicted octanol–water partition coefficient (Wildman–Crippen LogP) is -1.08. The summed E-state index contributed by atoms with van der Waals surface area (Å²) in [4.78, 5) is 2.27. The number of nitrogens with two attached hydrogens (primary N) is 1. The molecule has 2 heterocycles. The molecule has 2 aliphatic heterocycles. The number of likely N-dealkylation sites (tertiary alicyclic amines) is 1. The summed E-state index contributed by atoms with van der Waals surface area (Å²) in [5.74, 6) is 0. The number of rotatable bonds is 3. The first-order valence-electron chi connectivity index (χ1n) is 6.16. The first kappa shape index (κ1) is 12.3. The van der Waals surface area contributed by atoms with Crippen molar-refractivity contribution in [1.29, 1.82) is 0 Å². The van der Waals surface area contributed by atoms with E-state index in [4.69, 9.17) is 15.6 Å². The van der Waals surface area contributed by atoms with Gasteiger partial charge >= 0.3 is 0 Å². The molecule has 5 heteroatoms. The van der Waals surface area contributed by atoms with Gasteiger partial charge in [-0.1, -0.05) is 6.42 Å². The zero-order chi connectivity index (χ0) is 11.5. The summed E-state index contributed by atoms with van der Waals surface area (Å²) in [6, 6.07) is -0.0394. The third-order valence-electron chi connectivity index (χ3n) is 3.69. The molecule has 0 bridgehead atoms. The van der Waals surface area contributed by atoms with Gasteiger partial charge in [-0.3, -0.25) is 4.90 Å². The summed E-state index contributed by atoms with van der Waals surface area (Å²) in [7, 11) is 0. The Morgan fingerprint density at radius 2 is 1.88 bits per heavy atom. The van der Waals surface area contributed by atoms with E-state index in [-0.39, 0.29) is 18.8 Å². The molecule has 0 unspecified atom stereocenters. The Bertz CT molecular complexity index is 219. The second-order valence-electron chi connectivity index (χ2n) is 4.71. The smallest absolute Gasteiger partial charge is 0.109 e. The van der Waals surface area contributed by atoms with Crippen LogP contribution in [0.5, 0.6) is 0 Å². The zero-order valence-corrected chi connectivity index (χ0v) is 9.59. The van der Waals surface area contributed by atoms with E-state index in [1.54, 1.807) is 0 Å². The maximum atomic E-state index is 10.1. The van der Waals surface area contributed by atoms with Crippen LogP contribution in [0.4, 0.5) is 0 Å². The second kappa shape index (κ2) is 5.42. The molecule has 2 aliphatic rings. The SMILES string of the molecule is NC[C@@H]1O[C@H](CO)[C@H](O)[C@@H]1N1CCCCC1. The van der Waals surface area contributed by atoms with Crippen molar-refractivity contribution in [2.75, 3.05) is 26.2 Å². The molecule has 16 heavy (non-hydrogen) atoms. The number of aliphatic hydroxyl groups excluding tert-OH is 2. The lowest BCUT2D eigenvalue weighted by atomic mass is 9.99. The van der Waals surface area contributed by atoms with Gasteiger partial charge in [-0.2, -0.15) is 0 Å². The van der Waals surface area contributed by atoms with Gasteiger partial charge in [-0.05, 0) is 25.9 Å². The molecule has 2 rings (SSSR count). The predicted molar refractivity (Wildman–Crippen MR) is 60.0 cm³/mol. The number of hydrogen-bond donors (Lipinski definition) is 3. The molecule has 0 aromatic rings. The van der Waals surface area contributed by atoms with Gasteiger partial charge in [-0.25, -0.2) is 0 Å². The van der Waals surface area contributed by atoms with E-state index < -0.39 is 12.2 Å². The highest BCUT2D eigenvalue weighted by molar-refractivity contribution is 4.97. The number of ether oxygens (including phenoxy) is 1. The monoisotopic (exact) mass is 230 g/mol. The van der Waals surface area contributed by atoms with Crippen molar-refractivity contribution in [2.45, 2.75) is 43.6 Å².